The van der Waals surface area contributed by atoms with Crippen molar-refractivity contribution in [2.75, 3.05) is 5.75 Å². The Hall–Kier alpha value is -2.81. The van der Waals surface area contributed by atoms with Crippen molar-refractivity contribution in [3.8, 4) is 11.3 Å². The van der Waals surface area contributed by atoms with Crippen molar-refractivity contribution in [1.29, 1.82) is 0 Å². The van der Waals surface area contributed by atoms with Gasteiger partial charge in [0.2, 0.25) is 0 Å². The molecule has 152 valence electrons. The number of benzene rings is 1. The molecule has 0 atom stereocenters. The van der Waals surface area contributed by atoms with Gasteiger partial charge in [-0.2, -0.15) is 0 Å². The summed E-state index contributed by atoms with van der Waals surface area (Å²) >= 11 is 6.70. The number of thiophene rings is 1. The molecule has 3 heterocycles. The van der Waals surface area contributed by atoms with Crippen molar-refractivity contribution >= 4 is 49.5 Å². The zero-order valence-corrected chi connectivity index (χ0v) is 17.9. The summed E-state index contributed by atoms with van der Waals surface area (Å²) < 4.78 is 25.0. The lowest BCUT2D eigenvalue weighted by atomic mass is 10.1. The van der Waals surface area contributed by atoms with Crippen LogP contribution in [0.2, 0.25) is 4.34 Å². The Morgan fingerprint density at radius 1 is 1.10 bits per heavy atom. The van der Waals surface area contributed by atoms with Crippen molar-refractivity contribution < 1.29 is 13.2 Å². The highest BCUT2D eigenvalue weighted by atomic mass is 35.5. The molecule has 0 radical (unpaired) electrons. The number of aromatic amines is 1. The number of ketones is 1. The predicted octanol–water partition coefficient (Wildman–Crippen LogP) is 3.89. The van der Waals surface area contributed by atoms with Gasteiger partial charge in [0.25, 0.3) is 0 Å². The normalized spacial score (nSPS) is 11.6. The van der Waals surface area contributed by atoms with Gasteiger partial charge in [0.05, 0.1) is 15.6 Å². The van der Waals surface area contributed by atoms with Crippen molar-refractivity contribution in [2.45, 2.75) is 10.6 Å². The van der Waals surface area contributed by atoms with Gasteiger partial charge in [0.15, 0.2) is 21.0 Å². The number of pyridine rings is 2. The van der Waals surface area contributed by atoms with Gasteiger partial charge >= 0.3 is 0 Å². The molecule has 0 bridgehead atoms. The Balaban J connectivity index is 1.51. The topological polar surface area (TPSA) is 97.0 Å². The average molecular weight is 459 g/mol. The summed E-state index contributed by atoms with van der Waals surface area (Å²) in [5, 5.41) is 0.565. The first-order chi connectivity index (χ1) is 14.3. The monoisotopic (exact) mass is 458 g/mol. The summed E-state index contributed by atoms with van der Waals surface area (Å²) in [6.07, 6.45) is 3.02. The van der Waals surface area contributed by atoms with E-state index in [9.17, 15) is 18.0 Å². The van der Waals surface area contributed by atoms with Crippen LogP contribution in [0.4, 0.5) is 0 Å². The first-order valence-electron chi connectivity index (χ1n) is 8.89. The number of hydrogen-bond donors (Lipinski definition) is 1. The van der Waals surface area contributed by atoms with Crippen LogP contribution in [0.25, 0.3) is 22.2 Å². The average Bonchev–Trinajstić information content (AvgIpc) is 3.16. The third kappa shape index (κ3) is 4.21. The second-order valence-corrected chi connectivity index (χ2v) is 10.6. The van der Waals surface area contributed by atoms with Crippen LogP contribution in [0.5, 0.6) is 0 Å². The number of rotatable bonds is 6. The summed E-state index contributed by atoms with van der Waals surface area (Å²) in [6, 6.07) is 13.4. The highest BCUT2D eigenvalue weighted by Crippen LogP contribution is 2.26. The Bertz CT molecular complexity index is 1410. The lowest BCUT2D eigenvalue weighted by molar-refractivity contribution is -0.116. The van der Waals surface area contributed by atoms with E-state index in [2.05, 4.69) is 9.97 Å². The molecule has 6 nitrogen and oxygen atoms in total. The summed E-state index contributed by atoms with van der Waals surface area (Å²) in [5.41, 5.74) is 2.06. The zero-order valence-electron chi connectivity index (χ0n) is 15.5. The molecule has 0 aliphatic carbocycles. The molecule has 0 aliphatic rings. The largest absolute Gasteiger partial charge is 0.360 e. The molecule has 0 fully saturated rings. The third-order valence-corrected chi connectivity index (χ3v) is 7.99. The molecule has 0 saturated carbocycles. The van der Waals surface area contributed by atoms with Gasteiger partial charge in [0.1, 0.15) is 9.96 Å². The zero-order chi connectivity index (χ0) is 21.3. The highest BCUT2D eigenvalue weighted by molar-refractivity contribution is 7.94. The van der Waals surface area contributed by atoms with Crippen molar-refractivity contribution in [2.24, 2.45) is 0 Å². The van der Waals surface area contributed by atoms with E-state index in [-0.39, 0.29) is 16.1 Å². The van der Waals surface area contributed by atoms with Crippen LogP contribution < -0.4 is 5.43 Å². The van der Waals surface area contributed by atoms with Crippen LogP contribution in [0.3, 0.4) is 0 Å². The molecule has 0 saturated heterocycles. The van der Waals surface area contributed by atoms with Crippen LogP contribution in [0.15, 0.2) is 69.9 Å². The lowest BCUT2D eigenvalue weighted by Gasteiger charge is -2.05. The van der Waals surface area contributed by atoms with Crippen LogP contribution >= 0.6 is 22.9 Å². The second kappa shape index (κ2) is 8.14. The third-order valence-electron chi connectivity index (χ3n) is 4.50. The van der Waals surface area contributed by atoms with E-state index in [1.807, 2.05) is 12.1 Å². The Labute approximate surface area is 181 Å². The van der Waals surface area contributed by atoms with Gasteiger partial charge in [-0.15, -0.1) is 11.3 Å². The lowest BCUT2D eigenvalue weighted by Crippen LogP contribution is -2.17. The molecular formula is C21H15ClN2O4S2. The number of sulfone groups is 1. The van der Waals surface area contributed by atoms with Gasteiger partial charge in [-0.3, -0.25) is 14.6 Å². The molecule has 4 aromatic rings. The summed E-state index contributed by atoms with van der Waals surface area (Å²) in [4.78, 5) is 32.3. The Morgan fingerprint density at radius 3 is 2.60 bits per heavy atom. The number of nitrogens with one attached hydrogen (secondary N) is 1. The Morgan fingerprint density at radius 2 is 1.90 bits per heavy atom. The van der Waals surface area contributed by atoms with Crippen molar-refractivity contribution in [3.63, 3.8) is 0 Å². The van der Waals surface area contributed by atoms with Crippen LogP contribution in [-0.4, -0.2) is 29.9 Å². The second-order valence-electron chi connectivity index (χ2n) is 6.66. The van der Waals surface area contributed by atoms with Crippen LogP contribution in [0, 0.1) is 0 Å². The fourth-order valence-electron chi connectivity index (χ4n) is 3.07. The van der Waals surface area contributed by atoms with E-state index in [4.69, 9.17) is 11.6 Å². The molecule has 1 aromatic carbocycles. The minimum atomic E-state index is -3.72. The molecule has 0 aliphatic heterocycles. The quantitative estimate of drug-likeness (QED) is 0.472. The number of nitrogens with zero attached hydrogens (tertiary/aromatic N) is 1. The number of fused-ring (bicyclic) bond motifs is 1. The van der Waals surface area contributed by atoms with Crippen LogP contribution in [0.1, 0.15) is 5.56 Å². The van der Waals surface area contributed by atoms with Gasteiger partial charge in [0, 0.05) is 29.7 Å². The Kier molecular flexibility index (Phi) is 5.55. The van der Waals surface area contributed by atoms with Gasteiger partial charge < -0.3 is 4.98 Å². The number of halogens is 1. The molecule has 0 unspecified atom stereocenters. The number of carbonyl (C=O) groups excluding carboxylic acids is 1. The van der Waals surface area contributed by atoms with Gasteiger partial charge in [-0.05, 0) is 35.9 Å². The molecule has 1 N–H and O–H groups in total. The first kappa shape index (κ1) is 20.5. The van der Waals surface area contributed by atoms with E-state index in [1.165, 1.54) is 18.3 Å². The van der Waals surface area contributed by atoms with Gasteiger partial charge in [-0.25, -0.2) is 8.42 Å². The SMILES string of the molecule is O=C(Cc1ccc(-c2c[nH]c3ccccc3c2=O)nc1)CS(=O)(=O)c1ccc(Cl)s1. The maximum absolute atomic E-state index is 12.7. The number of hydrogen-bond acceptors (Lipinski definition) is 6. The fraction of sp³-hybridized carbons (Fsp3) is 0.0952. The van der Waals surface area contributed by atoms with E-state index in [0.29, 0.717) is 26.5 Å². The van der Waals surface area contributed by atoms with Crippen LogP contribution in [-0.2, 0) is 21.1 Å². The minimum Gasteiger partial charge on any atom is -0.360 e. The molecule has 0 spiro atoms. The maximum Gasteiger partial charge on any atom is 0.198 e. The molecule has 30 heavy (non-hydrogen) atoms. The number of carbonyl (C=O) groups is 1. The van der Waals surface area contributed by atoms with Crippen molar-refractivity contribution in [3.05, 3.63) is 81.0 Å². The molecular weight excluding hydrogens is 444 g/mol. The van der Waals surface area contributed by atoms with Crippen molar-refractivity contribution in [1.82, 2.24) is 9.97 Å². The highest BCUT2D eigenvalue weighted by Gasteiger charge is 2.21. The van der Waals surface area contributed by atoms with E-state index < -0.39 is 21.4 Å². The molecule has 3 aromatic heterocycles. The number of Topliss-reactive ketones (excluding diaryl/α,β-unsaturated/α-hetero) is 1. The number of H-pyrrole nitrogens is 1. The standard InChI is InChI=1S/C21H15ClN2O4S2/c22-19-7-8-20(29-19)30(27,28)12-14(25)9-13-5-6-18(23-10-13)16-11-24-17-4-2-1-3-15(17)21(16)26/h1-8,10-11H,9,12H2,(H,24,26). The van der Waals surface area contributed by atoms with Gasteiger partial charge in [-0.1, -0.05) is 29.8 Å². The minimum absolute atomic E-state index is 0.0697. The number of aromatic nitrogens is 2. The summed E-state index contributed by atoms with van der Waals surface area (Å²) in [5.74, 6) is -1.05. The predicted molar refractivity (Wildman–Crippen MR) is 118 cm³/mol. The number of para-hydroxylation sites is 1. The van der Waals surface area contributed by atoms with E-state index in [0.717, 1.165) is 16.9 Å². The first-order valence-corrected chi connectivity index (χ1v) is 11.7. The molecule has 9 heteroatoms. The molecule has 0 amide bonds. The fourth-order valence-corrected chi connectivity index (χ4v) is 5.88. The van der Waals surface area contributed by atoms with E-state index in [1.54, 1.807) is 30.5 Å². The molecule has 4 rings (SSSR count). The maximum atomic E-state index is 12.7. The smallest absolute Gasteiger partial charge is 0.198 e. The van der Waals surface area contributed by atoms with E-state index >= 15 is 0 Å². The summed E-state index contributed by atoms with van der Waals surface area (Å²) in [6.45, 7) is 0. The summed E-state index contributed by atoms with van der Waals surface area (Å²) in [7, 11) is -3.72.